The van der Waals surface area contributed by atoms with E-state index in [-0.39, 0.29) is 35.9 Å². The molecule has 4 N–H and O–H groups in total. The van der Waals surface area contributed by atoms with Crippen LogP contribution in [0.2, 0.25) is 0 Å². The molecule has 7 rings (SSSR count). The van der Waals surface area contributed by atoms with Gasteiger partial charge < -0.3 is 20.5 Å². The number of piperazine rings is 1. The zero-order valence-corrected chi connectivity index (χ0v) is 31.9. The maximum Gasteiger partial charge on any atom is 0.253 e. The van der Waals surface area contributed by atoms with Crippen LogP contribution in [-0.4, -0.2) is 74.6 Å². The Hall–Kier alpha value is -5.82. The fourth-order valence-electron chi connectivity index (χ4n) is 7.58. The predicted molar refractivity (Wildman–Crippen MR) is 214 cm³/mol. The van der Waals surface area contributed by atoms with Crippen LogP contribution in [0.4, 0.5) is 11.5 Å². The predicted octanol–water partition coefficient (Wildman–Crippen LogP) is 5.10. The van der Waals surface area contributed by atoms with Crippen LogP contribution in [0.5, 0.6) is 0 Å². The number of carbonyl (C=O) groups is 3. The van der Waals surface area contributed by atoms with Gasteiger partial charge in [-0.05, 0) is 92.8 Å². The average Bonchev–Trinajstić information content (AvgIpc) is 3.60. The first-order valence-corrected chi connectivity index (χ1v) is 19.2. The number of amides is 3. The van der Waals surface area contributed by atoms with Crippen molar-refractivity contribution in [2.75, 3.05) is 36.4 Å². The summed E-state index contributed by atoms with van der Waals surface area (Å²) in [6.07, 6.45) is 6.09. The van der Waals surface area contributed by atoms with Gasteiger partial charge in [0.2, 0.25) is 11.8 Å². The molecular formula is C42H49N9O4. The van der Waals surface area contributed by atoms with E-state index in [1.165, 1.54) is 0 Å². The van der Waals surface area contributed by atoms with Crippen LogP contribution in [0, 0.1) is 6.92 Å². The van der Waals surface area contributed by atoms with Crippen LogP contribution in [0.25, 0.3) is 22.0 Å². The van der Waals surface area contributed by atoms with Gasteiger partial charge in [0.1, 0.15) is 11.9 Å². The van der Waals surface area contributed by atoms with E-state index in [1.807, 2.05) is 48.1 Å². The molecule has 13 heteroatoms. The van der Waals surface area contributed by atoms with Crippen LogP contribution in [-0.2, 0) is 29.1 Å². The van der Waals surface area contributed by atoms with Crippen molar-refractivity contribution in [2.24, 2.45) is 0 Å². The molecule has 0 saturated carbocycles. The summed E-state index contributed by atoms with van der Waals surface area (Å²) in [5.74, 6) is 0.136. The molecule has 5 aromatic rings. The Morgan fingerprint density at radius 2 is 1.80 bits per heavy atom. The highest BCUT2D eigenvalue weighted by molar-refractivity contribution is 6.08. The topological polar surface area (TPSA) is 157 Å². The third-order valence-corrected chi connectivity index (χ3v) is 10.4. The Balaban J connectivity index is 1.02. The first-order chi connectivity index (χ1) is 26.6. The number of nitrogens with zero attached hydrogens (tertiary/aromatic N) is 5. The van der Waals surface area contributed by atoms with E-state index in [0.29, 0.717) is 24.0 Å². The number of piperidine rings is 1. The molecule has 0 spiro atoms. The number of benzene rings is 2. The maximum absolute atomic E-state index is 13.8. The third-order valence-electron chi connectivity index (χ3n) is 10.4. The molecule has 1 unspecified atom stereocenters. The fourth-order valence-corrected chi connectivity index (χ4v) is 7.58. The average molecular weight is 744 g/mol. The molecule has 0 aliphatic carbocycles. The molecule has 2 aromatic carbocycles. The zero-order valence-electron chi connectivity index (χ0n) is 31.9. The largest absolute Gasteiger partial charge is 0.374 e. The standard InChI is InChI=1S/C42H49N9O4/c1-5-7-29-18-27(4)46-41(54)34(29)23-44-40(53)33-20-31(21-37-35(33)24-45-51(37)26(2)3)30-10-12-38(43-22-30)50-16-14-49(15-17-50)25-28-8-6-9-32(19-28)47-36-11-13-39(52)48-42(36)55/h6,8-10,12,18-22,24,26,36,47H,5,7,11,13-17,23,25H2,1-4H3,(H,44,53)(H,46,54)(H,48,52,55). The SMILES string of the molecule is CCCc1cc(C)[nH]c(=O)c1CNC(=O)c1cc(-c2ccc(N3CCN(Cc4cccc(NC5CCC(=O)NC5=O)c4)CC3)nc2)cc2c1cnn2C(C)C. The highest BCUT2D eigenvalue weighted by atomic mass is 16.2. The maximum atomic E-state index is 13.8. The second kappa shape index (κ2) is 16.3. The van der Waals surface area contributed by atoms with Crippen molar-refractivity contribution in [1.29, 1.82) is 0 Å². The van der Waals surface area contributed by atoms with Gasteiger partial charge in [0.05, 0.1) is 17.3 Å². The Morgan fingerprint density at radius 3 is 2.53 bits per heavy atom. The molecule has 1 atom stereocenters. The quantitative estimate of drug-likeness (QED) is 0.128. The van der Waals surface area contributed by atoms with E-state index >= 15 is 0 Å². The molecular weight excluding hydrogens is 695 g/mol. The highest BCUT2D eigenvalue weighted by Gasteiger charge is 2.27. The zero-order chi connectivity index (χ0) is 38.6. The van der Waals surface area contributed by atoms with Gasteiger partial charge in [0.15, 0.2) is 0 Å². The minimum Gasteiger partial charge on any atom is -0.374 e. The van der Waals surface area contributed by atoms with E-state index in [2.05, 4.69) is 80.9 Å². The number of pyridine rings is 2. The Kier molecular flexibility index (Phi) is 11.1. The number of carbonyl (C=O) groups excluding carboxylic acids is 3. The summed E-state index contributed by atoms with van der Waals surface area (Å²) < 4.78 is 1.92. The van der Waals surface area contributed by atoms with E-state index in [4.69, 9.17) is 4.98 Å². The van der Waals surface area contributed by atoms with Crippen molar-refractivity contribution in [3.8, 4) is 11.1 Å². The molecule has 3 aromatic heterocycles. The van der Waals surface area contributed by atoms with Crippen molar-refractivity contribution in [2.45, 2.75) is 78.6 Å². The van der Waals surface area contributed by atoms with Crippen LogP contribution in [0.1, 0.15) is 78.8 Å². The molecule has 2 aliphatic rings. The summed E-state index contributed by atoms with van der Waals surface area (Å²) in [6, 6.07) is 17.8. The summed E-state index contributed by atoms with van der Waals surface area (Å²) in [5.41, 5.74) is 7.30. The summed E-state index contributed by atoms with van der Waals surface area (Å²) >= 11 is 0. The van der Waals surface area contributed by atoms with Crippen LogP contribution in [0.15, 0.2) is 71.8 Å². The van der Waals surface area contributed by atoms with Gasteiger partial charge in [-0.3, -0.25) is 34.1 Å². The summed E-state index contributed by atoms with van der Waals surface area (Å²) in [7, 11) is 0. The number of hydrogen-bond donors (Lipinski definition) is 4. The van der Waals surface area contributed by atoms with E-state index in [1.54, 1.807) is 6.20 Å². The number of fused-ring (bicyclic) bond motifs is 1. The summed E-state index contributed by atoms with van der Waals surface area (Å²) in [4.78, 5) is 62.9. The van der Waals surface area contributed by atoms with Gasteiger partial charge in [-0.1, -0.05) is 25.5 Å². The van der Waals surface area contributed by atoms with Crippen LogP contribution in [0.3, 0.4) is 0 Å². The molecule has 2 fully saturated rings. The summed E-state index contributed by atoms with van der Waals surface area (Å²) in [5, 5.41) is 14.1. The smallest absolute Gasteiger partial charge is 0.253 e. The Morgan fingerprint density at radius 1 is 0.982 bits per heavy atom. The van der Waals surface area contributed by atoms with Gasteiger partial charge in [-0.25, -0.2) is 4.98 Å². The van der Waals surface area contributed by atoms with Crippen molar-refractivity contribution >= 4 is 40.1 Å². The molecule has 13 nitrogen and oxygen atoms in total. The lowest BCUT2D eigenvalue weighted by molar-refractivity contribution is -0.133. The number of nitrogens with one attached hydrogen (secondary N) is 4. The van der Waals surface area contributed by atoms with Crippen molar-refractivity contribution in [3.63, 3.8) is 0 Å². The summed E-state index contributed by atoms with van der Waals surface area (Å²) in [6.45, 7) is 12.4. The highest BCUT2D eigenvalue weighted by Crippen LogP contribution is 2.30. The van der Waals surface area contributed by atoms with Gasteiger partial charge in [0.25, 0.3) is 11.5 Å². The van der Waals surface area contributed by atoms with Crippen molar-refractivity contribution < 1.29 is 14.4 Å². The molecule has 3 amide bonds. The van der Waals surface area contributed by atoms with Crippen LogP contribution >= 0.6 is 0 Å². The first kappa shape index (κ1) is 37.5. The molecule has 5 heterocycles. The van der Waals surface area contributed by atoms with Gasteiger partial charge in [0, 0.05) is 85.8 Å². The van der Waals surface area contributed by atoms with E-state index in [0.717, 1.165) is 95.9 Å². The minimum absolute atomic E-state index is 0.0870. The minimum atomic E-state index is -0.412. The number of hydrogen-bond acceptors (Lipinski definition) is 9. The van der Waals surface area contributed by atoms with Gasteiger partial charge in [-0.15, -0.1) is 0 Å². The third kappa shape index (κ3) is 8.46. The lowest BCUT2D eigenvalue weighted by Crippen LogP contribution is -2.47. The Labute approximate surface area is 320 Å². The molecule has 2 saturated heterocycles. The first-order valence-electron chi connectivity index (χ1n) is 19.2. The van der Waals surface area contributed by atoms with Gasteiger partial charge >= 0.3 is 0 Å². The lowest BCUT2D eigenvalue weighted by atomic mass is 10.00. The molecule has 286 valence electrons. The number of H-pyrrole nitrogens is 1. The Bertz CT molecular complexity index is 2270. The number of anilines is 2. The lowest BCUT2D eigenvalue weighted by Gasteiger charge is -2.35. The number of rotatable bonds is 12. The number of imide groups is 1. The van der Waals surface area contributed by atoms with Crippen LogP contribution < -0.4 is 26.4 Å². The van der Waals surface area contributed by atoms with Gasteiger partial charge in [-0.2, -0.15) is 5.10 Å². The molecule has 55 heavy (non-hydrogen) atoms. The molecule has 0 radical (unpaired) electrons. The van der Waals surface area contributed by atoms with E-state index < -0.39 is 6.04 Å². The number of aromatic nitrogens is 4. The van der Waals surface area contributed by atoms with E-state index in [9.17, 15) is 19.2 Å². The van der Waals surface area contributed by atoms with Crippen molar-refractivity contribution in [1.82, 2.24) is 35.3 Å². The normalized spacial score (nSPS) is 16.5. The molecule has 0 bridgehead atoms. The second-order valence-electron chi connectivity index (χ2n) is 14.9. The number of aryl methyl sites for hydroxylation is 2. The molecule has 2 aliphatic heterocycles. The van der Waals surface area contributed by atoms with Crippen molar-refractivity contribution in [3.05, 3.63) is 105 Å². The fraction of sp³-hybridized carbons (Fsp3) is 0.381. The second-order valence-corrected chi connectivity index (χ2v) is 14.9. The monoisotopic (exact) mass is 743 g/mol. The number of aromatic amines is 1.